The standard InChI is InChI=1S/C26H26N4O5/c1-27-26(32)35-23-8-14-5-6-15(7-16(14)25(23)30(2)3)19-10-21(31)17-9-18(24-12-28-13-34-24)22(33-4)11-20(17)29-19/h5-7,9-13,23,25H,8H2,1-4H3,(H,27,32)(H,29,31). The Kier molecular flexibility index (Phi) is 5.78. The molecule has 2 N–H and O–H groups in total. The molecule has 2 atom stereocenters. The number of hydrogen-bond acceptors (Lipinski definition) is 7. The Balaban J connectivity index is 1.57. The number of H-pyrrole nitrogens is 1. The summed E-state index contributed by atoms with van der Waals surface area (Å²) in [6.07, 6.45) is 2.80. The van der Waals surface area contributed by atoms with Crippen molar-refractivity contribution in [1.82, 2.24) is 20.2 Å². The normalized spacial score (nSPS) is 16.9. The number of benzene rings is 2. The van der Waals surface area contributed by atoms with E-state index in [9.17, 15) is 9.59 Å². The molecule has 0 bridgehead atoms. The Hall–Kier alpha value is -4.11. The highest BCUT2D eigenvalue weighted by molar-refractivity contribution is 5.88. The number of carbonyl (C=O) groups excluding carboxylic acids is 1. The Bertz CT molecular complexity index is 1460. The summed E-state index contributed by atoms with van der Waals surface area (Å²) in [6, 6.07) is 11.1. The van der Waals surface area contributed by atoms with Gasteiger partial charge in [0.2, 0.25) is 0 Å². The number of aromatic nitrogens is 2. The molecule has 2 unspecified atom stereocenters. The van der Waals surface area contributed by atoms with E-state index in [-0.39, 0.29) is 17.6 Å². The molecule has 2 aromatic heterocycles. The lowest BCUT2D eigenvalue weighted by atomic mass is 10.0. The van der Waals surface area contributed by atoms with E-state index in [2.05, 4.69) is 21.4 Å². The first-order chi connectivity index (χ1) is 16.9. The molecule has 0 spiro atoms. The van der Waals surface area contributed by atoms with Gasteiger partial charge in [-0.25, -0.2) is 9.78 Å². The predicted octanol–water partition coefficient (Wildman–Crippen LogP) is 3.74. The van der Waals surface area contributed by atoms with Crippen LogP contribution in [-0.2, 0) is 11.2 Å². The van der Waals surface area contributed by atoms with Crippen molar-refractivity contribution in [3.8, 4) is 28.3 Å². The van der Waals surface area contributed by atoms with Crippen LogP contribution < -0.4 is 15.5 Å². The van der Waals surface area contributed by atoms with Crippen molar-refractivity contribution in [2.24, 2.45) is 0 Å². The van der Waals surface area contributed by atoms with Crippen LogP contribution in [0.5, 0.6) is 5.75 Å². The number of aromatic amines is 1. The molecular weight excluding hydrogens is 448 g/mol. The zero-order valence-electron chi connectivity index (χ0n) is 19.9. The van der Waals surface area contributed by atoms with E-state index in [4.69, 9.17) is 13.9 Å². The first-order valence-corrected chi connectivity index (χ1v) is 11.2. The Morgan fingerprint density at radius 3 is 2.74 bits per heavy atom. The fourth-order valence-electron chi connectivity index (χ4n) is 4.81. The number of nitrogens with zero attached hydrogens (tertiary/aromatic N) is 2. The summed E-state index contributed by atoms with van der Waals surface area (Å²) in [5.41, 5.74) is 4.93. The summed E-state index contributed by atoms with van der Waals surface area (Å²) in [4.78, 5) is 34.4. The maximum Gasteiger partial charge on any atom is 0.407 e. The van der Waals surface area contributed by atoms with Gasteiger partial charge in [-0.15, -0.1) is 0 Å². The molecule has 2 aromatic carbocycles. The molecule has 9 nitrogen and oxygen atoms in total. The number of hydrogen-bond donors (Lipinski definition) is 2. The van der Waals surface area contributed by atoms with Crippen LogP contribution in [0, 0.1) is 0 Å². The predicted molar refractivity (Wildman–Crippen MR) is 132 cm³/mol. The van der Waals surface area contributed by atoms with Crippen molar-refractivity contribution in [2.45, 2.75) is 18.6 Å². The van der Waals surface area contributed by atoms with Gasteiger partial charge in [0, 0.05) is 36.7 Å². The van der Waals surface area contributed by atoms with E-state index in [0.29, 0.717) is 40.1 Å². The third-order valence-corrected chi connectivity index (χ3v) is 6.42. The van der Waals surface area contributed by atoms with Crippen molar-refractivity contribution in [3.05, 3.63) is 70.3 Å². The summed E-state index contributed by atoms with van der Waals surface area (Å²) in [5, 5.41) is 3.04. The van der Waals surface area contributed by atoms with Crippen LogP contribution in [0.3, 0.4) is 0 Å². The Morgan fingerprint density at radius 2 is 2.06 bits per heavy atom. The van der Waals surface area contributed by atoms with E-state index in [1.807, 2.05) is 31.1 Å². The van der Waals surface area contributed by atoms with E-state index in [0.717, 1.165) is 16.7 Å². The number of carbonyl (C=O) groups is 1. The average Bonchev–Trinajstić information content (AvgIpc) is 3.50. The zero-order valence-corrected chi connectivity index (χ0v) is 19.9. The van der Waals surface area contributed by atoms with Crippen LogP contribution in [-0.4, -0.2) is 55.3 Å². The maximum atomic E-state index is 13.1. The monoisotopic (exact) mass is 474 g/mol. The minimum atomic E-state index is -0.451. The number of ether oxygens (including phenoxy) is 2. The molecular formula is C26H26N4O5. The Morgan fingerprint density at radius 1 is 1.23 bits per heavy atom. The molecule has 0 saturated carbocycles. The maximum absolute atomic E-state index is 13.1. The van der Waals surface area contributed by atoms with Gasteiger partial charge in [-0.2, -0.15) is 0 Å². The second kappa shape index (κ2) is 8.92. The Labute approximate surface area is 201 Å². The molecule has 0 saturated heterocycles. The van der Waals surface area contributed by atoms with Crippen LogP contribution in [0.4, 0.5) is 4.79 Å². The lowest BCUT2D eigenvalue weighted by Crippen LogP contribution is -2.34. The van der Waals surface area contributed by atoms with Crippen molar-refractivity contribution in [2.75, 3.05) is 28.3 Å². The minimum absolute atomic E-state index is 0.0982. The van der Waals surface area contributed by atoms with E-state index in [1.54, 1.807) is 38.6 Å². The molecule has 35 heavy (non-hydrogen) atoms. The van der Waals surface area contributed by atoms with E-state index >= 15 is 0 Å². The van der Waals surface area contributed by atoms with Crippen molar-refractivity contribution < 1.29 is 18.7 Å². The largest absolute Gasteiger partial charge is 0.496 e. The average molecular weight is 475 g/mol. The van der Waals surface area contributed by atoms with Crippen LogP contribution in [0.15, 0.2) is 58.2 Å². The molecule has 0 fully saturated rings. The molecule has 5 rings (SSSR count). The van der Waals surface area contributed by atoms with Gasteiger partial charge in [0.15, 0.2) is 17.6 Å². The number of likely N-dealkylation sites (N-methyl/N-ethyl adjacent to an activating group) is 1. The summed E-state index contributed by atoms with van der Waals surface area (Å²) < 4.78 is 16.6. The summed E-state index contributed by atoms with van der Waals surface area (Å²) in [7, 11) is 7.04. The molecule has 4 aromatic rings. The molecule has 2 heterocycles. The molecule has 0 radical (unpaired) electrons. The van der Waals surface area contributed by atoms with Crippen LogP contribution >= 0.6 is 0 Å². The number of oxazole rings is 1. The first-order valence-electron chi connectivity index (χ1n) is 11.2. The van der Waals surface area contributed by atoms with Crippen molar-refractivity contribution in [3.63, 3.8) is 0 Å². The number of fused-ring (bicyclic) bond motifs is 2. The van der Waals surface area contributed by atoms with E-state index < -0.39 is 6.09 Å². The topological polar surface area (TPSA) is 110 Å². The quantitative estimate of drug-likeness (QED) is 0.453. The number of methoxy groups -OCH3 is 1. The second-order valence-electron chi connectivity index (χ2n) is 8.73. The van der Waals surface area contributed by atoms with Gasteiger partial charge in [-0.05, 0) is 42.9 Å². The number of nitrogens with one attached hydrogen (secondary N) is 2. The number of pyridine rings is 1. The number of rotatable bonds is 5. The molecule has 180 valence electrons. The summed E-state index contributed by atoms with van der Waals surface area (Å²) >= 11 is 0. The minimum Gasteiger partial charge on any atom is -0.496 e. The highest BCUT2D eigenvalue weighted by Gasteiger charge is 2.37. The second-order valence-corrected chi connectivity index (χ2v) is 8.73. The summed E-state index contributed by atoms with van der Waals surface area (Å²) in [6.45, 7) is 0. The fourth-order valence-corrected chi connectivity index (χ4v) is 4.81. The van der Waals surface area contributed by atoms with E-state index in [1.165, 1.54) is 6.39 Å². The fraction of sp³-hybridized carbons (Fsp3) is 0.269. The third-order valence-electron chi connectivity index (χ3n) is 6.42. The molecule has 1 aliphatic carbocycles. The van der Waals surface area contributed by atoms with Gasteiger partial charge in [0.05, 0.1) is 30.4 Å². The van der Waals surface area contributed by atoms with Gasteiger partial charge in [0.1, 0.15) is 11.9 Å². The molecule has 1 amide bonds. The van der Waals surface area contributed by atoms with Gasteiger partial charge >= 0.3 is 6.09 Å². The molecule has 0 aliphatic heterocycles. The first kappa shape index (κ1) is 22.7. The van der Waals surface area contributed by atoms with Crippen molar-refractivity contribution >= 4 is 17.0 Å². The van der Waals surface area contributed by atoms with Gasteiger partial charge in [0.25, 0.3) is 0 Å². The third kappa shape index (κ3) is 4.04. The number of alkyl carbamates (subject to hydrolysis) is 1. The van der Waals surface area contributed by atoms with Crippen LogP contribution in [0.2, 0.25) is 0 Å². The highest BCUT2D eigenvalue weighted by atomic mass is 16.6. The van der Waals surface area contributed by atoms with Crippen LogP contribution in [0.25, 0.3) is 33.5 Å². The number of amides is 1. The lowest BCUT2D eigenvalue weighted by molar-refractivity contribution is 0.0547. The van der Waals surface area contributed by atoms with Gasteiger partial charge in [-0.1, -0.05) is 12.1 Å². The van der Waals surface area contributed by atoms with Crippen molar-refractivity contribution in [1.29, 1.82) is 0 Å². The zero-order chi connectivity index (χ0) is 24.7. The smallest absolute Gasteiger partial charge is 0.407 e. The van der Waals surface area contributed by atoms with Gasteiger partial charge in [-0.3, -0.25) is 9.69 Å². The van der Waals surface area contributed by atoms with Gasteiger partial charge < -0.3 is 24.2 Å². The molecule has 9 heteroatoms. The summed E-state index contributed by atoms with van der Waals surface area (Å²) in [5.74, 6) is 1.09. The van der Waals surface area contributed by atoms with Crippen LogP contribution in [0.1, 0.15) is 17.2 Å². The lowest BCUT2D eigenvalue weighted by Gasteiger charge is -2.27. The molecule has 1 aliphatic rings. The highest BCUT2D eigenvalue weighted by Crippen LogP contribution is 2.39. The SMILES string of the molecule is CNC(=O)OC1Cc2ccc(-c3cc(=O)c4cc(-c5cnco5)c(OC)cc4[nH]3)cc2C1N(C)C.